The topological polar surface area (TPSA) is 68.0 Å². The highest BCUT2D eigenvalue weighted by Crippen LogP contribution is 2.29. The summed E-state index contributed by atoms with van der Waals surface area (Å²) in [5, 5.41) is 4.08. The van der Waals surface area contributed by atoms with E-state index < -0.39 is 0 Å². The summed E-state index contributed by atoms with van der Waals surface area (Å²) in [5.74, 6) is 0.382. The van der Waals surface area contributed by atoms with Gasteiger partial charge < -0.3 is 11.1 Å². The molecular formula is C17H23Cl2N3OS. The van der Waals surface area contributed by atoms with Crippen molar-refractivity contribution in [3.05, 3.63) is 40.2 Å². The fourth-order valence-electron chi connectivity index (χ4n) is 3.12. The van der Waals surface area contributed by atoms with Crippen LogP contribution in [0.3, 0.4) is 0 Å². The number of nitrogens with one attached hydrogen (secondary N) is 1. The van der Waals surface area contributed by atoms with E-state index in [1.807, 2.05) is 37.3 Å². The third-order valence-corrected chi connectivity index (χ3v) is 5.24. The van der Waals surface area contributed by atoms with E-state index in [1.54, 1.807) is 0 Å². The van der Waals surface area contributed by atoms with Crippen molar-refractivity contribution in [3.8, 4) is 11.3 Å². The molecule has 24 heavy (non-hydrogen) atoms. The van der Waals surface area contributed by atoms with Gasteiger partial charge in [0.05, 0.1) is 10.7 Å². The summed E-state index contributed by atoms with van der Waals surface area (Å²) in [5.41, 5.74) is 7.57. The summed E-state index contributed by atoms with van der Waals surface area (Å²) in [6.07, 6.45) is 3.26. The predicted molar refractivity (Wildman–Crippen MR) is 104 cm³/mol. The van der Waals surface area contributed by atoms with E-state index in [-0.39, 0.29) is 36.8 Å². The number of aromatic nitrogens is 1. The molecule has 7 heteroatoms. The molecule has 0 saturated heterocycles. The number of carbonyl (C=O) groups excluding carboxylic acids is 1. The van der Waals surface area contributed by atoms with Gasteiger partial charge in [-0.2, -0.15) is 0 Å². The van der Waals surface area contributed by atoms with Crippen LogP contribution >= 0.6 is 36.2 Å². The molecule has 1 aliphatic carbocycles. The van der Waals surface area contributed by atoms with Gasteiger partial charge in [-0.25, -0.2) is 4.98 Å². The Bertz CT molecular complexity index is 663. The number of carbonyl (C=O) groups is 1. The minimum absolute atomic E-state index is 0. The Morgan fingerprint density at radius 1 is 1.29 bits per heavy atom. The van der Waals surface area contributed by atoms with E-state index in [1.165, 1.54) is 11.3 Å². The number of hydrogen-bond donors (Lipinski definition) is 2. The molecule has 3 N–H and O–H groups in total. The van der Waals surface area contributed by atoms with Crippen LogP contribution in [0.15, 0.2) is 30.3 Å². The normalized spacial score (nSPS) is 19.2. The summed E-state index contributed by atoms with van der Waals surface area (Å²) < 4.78 is 0. The van der Waals surface area contributed by atoms with E-state index in [4.69, 9.17) is 5.73 Å². The Morgan fingerprint density at radius 2 is 2.00 bits per heavy atom. The zero-order valence-electron chi connectivity index (χ0n) is 13.5. The van der Waals surface area contributed by atoms with E-state index >= 15 is 0 Å². The van der Waals surface area contributed by atoms with Crippen LogP contribution in [0.5, 0.6) is 0 Å². The standard InChI is InChI=1S/C17H21N3OS.2ClH/c1-11-19-15(12-6-3-2-4-7-12)16(22-11)17(21)20-14-9-5-8-13(14)10-18;;/h2-4,6-7,13-14H,5,8-10,18H2,1H3,(H,20,21);2*1H. The molecule has 1 fully saturated rings. The second-order valence-corrected chi connectivity index (χ2v) is 6.99. The lowest BCUT2D eigenvalue weighted by Crippen LogP contribution is -2.39. The highest BCUT2D eigenvalue weighted by atomic mass is 35.5. The van der Waals surface area contributed by atoms with Crippen LogP contribution in [0.4, 0.5) is 0 Å². The zero-order valence-corrected chi connectivity index (χ0v) is 16.0. The molecule has 3 rings (SSSR count). The first-order valence-electron chi connectivity index (χ1n) is 7.73. The molecule has 132 valence electrons. The lowest BCUT2D eigenvalue weighted by Gasteiger charge is -2.19. The molecule has 1 aromatic carbocycles. The van der Waals surface area contributed by atoms with Crippen LogP contribution in [0.25, 0.3) is 11.3 Å². The Morgan fingerprint density at radius 3 is 2.67 bits per heavy atom. The maximum atomic E-state index is 12.7. The van der Waals surface area contributed by atoms with Crippen molar-refractivity contribution >= 4 is 42.1 Å². The van der Waals surface area contributed by atoms with Crippen LogP contribution in [-0.2, 0) is 0 Å². The number of amides is 1. The minimum Gasteiger partial charge on any atom is -0.348 e. The first kappa shape index (κ1) is 20.9. The van der Waals surface area contributed by atoms with Gasteiger partial charge in [-0.15, -0.1) is 36.2 Å². The van der Waals surface area contributed by atoms with Gasteiger partial charge in [-0.3, -0.25) is 4.79 Å². The monoisotopic (exact) mass is 387 g/mol. The Balaban J connectivity index is 0.00000144. The van der Waals surface area contributed by atoms with Crippen molar-refractivity contribution in [2.45, 2.75) is 32.2 Å². The van der Waals surface area contributed by atoms with E-state index in [2.05, 4.69) is 10.3 Å². The van der Waals surface area contributed by atoms with Crippen LogP contribution in [0.2, 0.25) is 0 Å². The molecule has 2 atom stereocenters. The first-order chi connectivity index (χ1) is 10.7. The first-order valence-corrected chi connectivity index (χ1v) is 8.54. The summed E-state index contributed by atoms with van der Waals surface area (Å²) in [7, 11) is 0. The molecule has 0 bridgehead atoms. The minimum atomic E-state index is -0.0187. The van der Waals surface area contributed by atoms with E-state index in [0.29, 0.717) is 17.3 Å². The summed E-state index contributed by atoms with van der Waals surface area (Å²) in [6.45, 7) is 2.57. The van der Waals surface area contributed by atoms with Gasteiger partial charge in [0.15, 0.2) is 0 Å². The molecule has 4 nitrogen and oxygen atoms in total. The van der Waals surface area contributed by atoms with Gasteiger partial charge in [-0.1, -0.05) is 36.8 Å². The lowest BCUT2D eigenvalue weighted by atomic mass is 10.0. The molecule has 1 amide bonds. The van der Waals surface area contributed by atoms with Crippen LogP contribution < -0.4 is 11.1 Å². The zero-order chi connectivity index (χ0) is 15.5. The number of thiazole rings is 1. The van der Waals surface area contributed by atoms with Crippen LogP contribution in [-0.4, -0.2) is 23.5 Å². The molecular weight excluding hydrogens is 365 g/mol. The fraction of sp³-hybridized carbons (Fsp3) is 0.412. The Labute approximate surface area is 159 Å². The summed E-state index contributed by atoms with van der Waals surface area (Å²) in [6, 6.07) is 10.1. The molecule has 0 aliphatic heterocycles. The largest absolute Gasteiger partial charge is 0.348 e. The van der Waals surface area contributed by atoms with Crippen molar-refractivity contribution in [1.82, 2.24) is 10.3 Å². The van der Waals surface area contributed by atoms with Gasteiger partial charge in [-0.05, 0) is 32.2 Å². The third-order valence-electron chi connectivity index (χ3n) is 4.27. The van der Waals surface area contributed by atoms with Gasteiger partial charge >= 0.3 is 0 Å². The van der Waals surface area contributed by atoms with Crippen LogP contribution in [0, 0.1) is 12.8 Å². The maximum absolute atomic E-state index is 12.7. The van der Waals surface area contributed by atoms with E-state index in [0.717, 1.165) is 35.5 Å². The van der Waals surface area contributed by atoms with Gasteiger partial charge in [0.1, 0.15) is 4.88 Å². The molecule has 0 radical (unpaired) electrons. The molecule has 0 spiro atoms. The molecule has 1 heterocycles. The maximum Gasteiger partial charge on any atom is 0.263 e. The average molecular weight is 388 g/mol. The lowest BCUT2D eigenvalue weighted by molar-refractivity contribution is 0.0933. The van der Waals surface area contributed by atoms with Crippen LogP contribution in [0.1, 0.15) is 33.9 Å². The number of nitrogens with zero attached hydrogens (tertiary/aromatic N) is 1. The van der Waals surface area contributed by atoms with Crippen molar-refractivity contribution in [1.29, 1.82) is 0 Å². The number of rotatable bonds is 4. The SMILES string of the molecule is Cc1nc(-c2ccccc2)c(C(=O)NC2CCCC2CN)s1.Cl.Cl. The quantitative estimate of drug-likeness (QED) is 0.837. The highest BCUT2D eigenvalue weighted by Gasteiger charge is 2.29. The third kappa shape index (κ3) is 4.48. The van der Waals surface area contributed by atoms with Crippen molar-refractivity contribution in [2.24, 2.45) is 11.7 Å². The Kier molecular flexibility index (Phi) is 8.16. The number of benzene rings is 1. The molecule has 2 aromatic rings. The second-order valence-electron chi connectivity index (χ2n) is 5.78. The average Bonchev–Trinajstić information content (AvgIpc) is 3.14. The summed E-state index contributed by atoms with van der Waals surface area (Å²) in [4.78, 5) is 17.9. The molecule has 1 aromatic heterocycles. The number of hydrogen-bond acceptors (Lipinski definition) is 4. The molecule has 1 saturated carbocycles. The number of nitrogens with two attached hydrogens (primary N) is 1. The van der Waals surface area contributed by atoms with Crippen molar-refractivity contribution < 1.29 is 4.79 Å². The number of aryl methyl sites for hydroxylation is 1. The molecule has 2 unspecified atom stereocenters. The van der Waals surface area contributed by atoms with Gasteiger partial charge in [0.25, 0.3) is 5.91 Å². The molecule has 1 aliphatic rings. The second kappa shape index (κ2) is 9.37. The van der Waals surface area contributed by atoms with Crippen molar-refractivity contribution in [3.63, 3.8) is 0 Å². The highest BCUT2D eigenvalue weighted by molar-refractivity contribution is 7.14. The van der Waals surface area contributed by atoms with E-state index in [9.17, 15) is 4.79 Å². The smallest absolute Gasteiger partial charge is 0.263 e. The van der Waals surface area contributed by atoms with Gasteiger partial charge in [0.2, 0.25) is 0 Å². The number of halogens is 2. The Hall–Kier alpha value is -1.14. The predicted octanol–water partition coefficient (Wildman–Crippen LogP) is 3.82. The van der Waals surface area contributed by atoms with Crippen molar-refractivity contribution in [2.75, 3.05) is 6.54 Å². The fourth-order valence-corrected chi connectivity index (χ4v) is 3.96. The van der Waals surface area contributed by atoms with Gasteiger partial charge in [0, 0.05) is 11.6 Å². The summed E-state index contributed by atoms with van der Waals surface area (Å²) >= 11 is 1.46.